The molecule has 1 amide bonds. The Labute approximate surface area is 156 Å². The van der Waals surface area contributed by atoms with Crippen LogP contribution in [0.25, 0.3) is 0 Å². The lowest BCUT2D eigenvalue weighted by molar-refractivity contribution is 0.0826. The number of hydrogen-bond donors (Lipinski definition) is 2. The number of benzene rings is 1. The molecule has 142 valence electrons. The second-order valence-electron chi connectivity index (χ2n) is 9.06. The molecule has 3 aliphatic carbocycles. The van der Waals surface area contributed by atoms with Crippen molar-refractivity contribution in [3.63, 3.8) is 0 Å². The van der Waals surface area contributed by atoms with Crippen LogP contribution in [-0.4, -0.2) is 26.4 Å². The first-order valence-corrected chi connectivity index (χ1v) is 11.0. The molecule has 0 aromatic heterocycles. The zero-order chi connectivity index (χ0) is 18.7. The molecule has 0 radical (unpaired) electrons. The number of amides is 1. The quantitative estimate of drug-likeness (QED) is 0.829. The summed E-state index contributed by atoms with van der Waals surface area (Å²) >= 11 is 0. The fourth-order valence-corrected chi connectivity index (χ4v) is 6.24. The molecular weight excluding hydrogens is 348 g/mol. The van der Waals surface area contributed by atoms with E-state index in [9.17, 15) is 13.2 Å². The van der Waals surface area contributed by atoms with Crippen LogP contribution in [0.5, 0.6) is 0 Å². The summed E-state index contributed by atoms with van der Waals surface area (Å²) in [7, 11) is -3.48. The maximum absolute atomic E-state index is 12.7. The lowest BCUT2D eigenvalue weighted by atomic mass is 9.69. The molecule has 3 unspecified atom stereocenters. The third-order valence-corrected chi connectivity index (χ3v) is 8.96. The van der Waals surface area contributed by atoms with Crippen LogP contribution in [0, 0.1) is 16.7 Å². The van der Waals surface area contributed by atoms with E-state index in [1.165, 1.54) is 18.6 Å². The van der Waals surface area contributed by atoms with Crippen LogP contribution < -0.4 is 10.0 Å². The van der Waals surface area contributed by atoms with E-state index in [0.717, 1.165) is 25.7 Å². The Morgan fingerprint density at radius 1 is 1.08 bits per heavy atom. The van der Waals surface area contributed by atoms with Crippen LogP contribution in [0.15, 0.2) is 29.2 Å². The maximum atomic E-state index is 12.7. The van der Waals surface area contributed by atoms with Crippen molar-refractivity contribution in [2.75, 3.05) is 0 Å². The Morgan fingerprint density at radius 3 is 2.23 bits per heavy atom. The van der Waals surface area contributed by atoms with E-state index < -0.39 is 10.0 Å². The number of fused-ring (bicyclic) bond motifs is 2. The lowest BCUT2D eigenvalue weighted by Gasteiger charge is -2.39. The van der Waals surface area contributed by atoms with E-state index in [4.69, 9.17) is 0 Å². The molecule has 3 aliphatic rings. The van der Waals surface area contributed by atoms with Crippen LogP contribution >= 0.6 is 0 Å². The van der Waals surface area contributed by atoms with Gasteiger partial charge in [0, 0.05) is 17.6 Å². The van der Waals surface area contributed by atoms with Gasteiger partial charge in [-0.3, -0.25) is 4.79 Å². The first kappa shape index (κ1) is 18.0. The van der Waals surface area contributed by atoms with Gasteiger partial charge in [-0.2, -0.15) is 0 Å². The smallest absolute Gasteiger partial charge is 0.251 e. The van der Waals surface area contributed by atoms with Crippen molar-refractivity contribution in [2.24, 2.45) is 16.7 Å². The Hall–Kier alpha value is -1.40. The molecule has 1 aromatic rings. The van der Waals surface area contributed by atoms with Crippen LogP contribution in [0.1, 0.15) is 63.2 Å². The summed E-state index contributed by atoms with van der Waals surface area (Å²) in [6, 6.07) is 6.51. The van der Waals surface area contributed by atoms with Gasteiger partial charge in [-0.25, -0.2) is 13.1 Å². The van der Waals surface area contributed by atoms with Gasteiger partial charge in [0.1, 0.15) is 0 Å². The van der Waals surface area contributed by atoms with E-state index >= 15 is 0 Å². The zero-order valence-corrected chi connectivity index (χ0v) is 16.5. The molecule has 3 saturated carbocycles. The van der Waals surface area contributed by atoms with Crippen molar-refractivity contribution in [2.45, 2.75) is 69.9 Å². The first-order chi connectivity index (χ1) is 12.1. The topological polar surface area (TPSA) is 75.3 Å². The number of hydrogen-bond acceptors (Lipinski definition) is 3. The lowest BCUT2D eigenvalue weighted by Crippen LogP contribution is -2.46. The van der Waals surface area contributed by atoms with E-state index in [2.05, 4.69) is 30.8 Å². The second kappa shape index (κ2) is 5.80. The van der Waals surface area contributed by atoms with Gasteiger partial charge >= 0.3 is 0 Å². The highest BCUT2D eigenvalue weighted by Gasteiger charge is 2.61. The molecule has 0 saturated heterocycles. The van der Waals surface area contributed by atoms with Gasteiger partial charge in [0.15, 0.2) is 0 Å². The Balaban J connectivity index is 1.46. The predicted octanol–water partition coefficient (Wildman–Crippen LogP) is 3.07. The van der Waals surface area contributed by atoms with Crippen LogP contribution in [0.2, 0.25) is 0 Å². The fourth-order valence-electron chi connectivity index (χ4n) is 4.94. The summed E-state index contributed by atoms with van der Waals surface area (Å²) in [5, 5.41) is 3.22. The van der Waals surface area contributed by atoms with Gasteiger partial charge in [-0.1, -0.05) is 20.8 Å². The van der Waals surface area contributed by atoms with Gasteiger partial charge in [-0.15, -0.1) is 0 Å². The third-order valence-electron chi connectivity index (χ3n) is 7.43. The van der Waals surface area contributed by atoms with E-state index in [-0.39, 0.29) is 33.7 Å². The number of nitrogens with one attached hydrogen (secondary N) is 2. The molecule has 0 spiro atoms. The summed E-state index contributed by atoms with van der Waals surface area (Å²) in [5.41, 5.74) is 0.891. The number of carbonyl (C=O) groups is 1. The van der Waals surface area contributed by atoms with E-state index in [0.29, 0.717) is 11.5 Å². The van der Waals surface area contributed by atoms with Gasteiger partial charge < -0.3 is 5.32 Å². The van der Waals surface area contributed by atoms with Crippen molar-refractivity contribution in [1.29, 1.82) is 0 Å². The second-order valence-corrected chi connectivity index (χ2v) is 10.8. The molecule has 2 bridgehead atoms. The molecule has 6 heteroatoms. The summed E-state index contributed by atoms with van der Waals surface area (Å²) in [4.78, 5) is 12.9. The molecular formula is C20H28N2O3S. The Bertz CT molecular complexity index is 827. The average molecular weight is 377 g/mol. The average Bonchev–Trinajstić information content (AvgIpc) is 3.33. The largest absolute Gasteiger partial charge is 0.349 e. The normalized spacial score (nSPS) is 32.6. The monoisotopic (exact) mass is 376 g/mol. The standard InChI is InChI=1S/C20H28N2O3S/c1-19(2)14-10-11-20(19,3)17(12-14)21-18(23)13-4-8-16(9-5-13)26(24,25)22-15-6-7-15/h4-5,8-9,14-15,17,22H,6-7,10-12H2,1-3H3,(H,21,23). The van der Waals surface area contributed by atoms with E-state index in [1.807, 2.05) is 0 Å². The molecule has 1 aromatic carbocycles. The molecule has 5 nitrogen and oxygen atoms in total. The predicted molar refractivity (Wildman–Crippen MR) is 100 cm³/mol. The van der Waals surface area contributed by atoms with Crippen LogP contribution in [0.4, 0.5) is 0 Å². The number of sulfonamides is 1. The Morgan fingerprint density at radius 2 is 1.73 bits per heavy atom. The summed E-state index contributed by atoms with van der Waals surface area (Å²) in [5.74, 6) is 0.553. The number of rotatable bonds is 5. The first-order valence-electron chi connectivity index (χ1n) is 9.57. The molecule has 2 N–H and O–H groups in total. The van der Waals surface area contributed by atoms with Crippen LogP contribution in [0.3, 0.4) is 0 Å². The van der Waals surface area contributed by atoms with E-state index in [1.54, 1.807) is 12.1 Å². The van der Waals surface area contributed by atoms with Gasteiger partial charge in [0.2, 0.25) is 10.0 Å². The molecule has 3 fully saturated rings. The third kappa shape index (κ3) is 2.78. The zero-order valence-electron chi connectivity index (χ0n) is 15.7. The molecule has 0 heterocycles. The van der Waals surface area contributed by atoms with Crippen molar-refractivity contribution < 1.29 is 13.2 Å². The van der Waals surface area contributed by atoms with Crippen molar-refractivity contribution >= 4 is 15.9 Å². The number of carbonyl (C=O) groups excluding carboxylic acids is 1. The molecule has 4 rings (SSSR count). The Kier molecular flexibility index (Phi) is 4.01. The minimum absolute atomic E-state index is 0.0739. The van der Waals surface area contributed by atoms with Crippen molar-refractivity contribution in [3.05, 3.63) is 29.8 Å². The summed E-state index contributed by atoms with van der Waals surface area (Å²) in [6.07, 6.45) is 5.23. The molecule has 0 aliphatic heterocycles. The summed E-state index contributed by atoms with van der Waals surface area (Å²) < 4.78 is 27.1. The highest BCUT2D eigenvalue weighted by Crippen LogP contribution is 2.65. The fraction of sp³-hybridized carbons (Fsp3) is 0.650. The molecule has 3 atom stereocenters. The molecule has 26 heavy (non-hydrogen) atoms. The van der Waals surface area contributed by atoms with Crippen molar-refractivity contribution in [3.8, 4) is 0 Å². The highest BCUT2D eigenvalue weighted by atomic mass is 32.2. The van der Waals surface area contributed by atoms with Crippen molar-refractivity contribution in [1.82, 2.24) is 10.0 Å². The van der Waals surface area contributed by atoms with Gasteiger partial charge in [0.05, 0.1) is 4.90 Å². The SMILES string of the molecule is CC1(C)C2CCC1(C)C(NC(=O)c1ccc(S(=O)(=O)NC3CC3)cc1)C2. The summed E-state index contributed by atoms with van der Waals surface area (Å²) in [6.45, 7) is 6.94. The van der Waals surface area contributed by atoms with Crippen LogP contribution in [-0.2, 0) is 10.0 Å². The van der Waals surface area contributed by atoms with Gasteiger partial charge in [-0.05, 0) is 73.1 Å². The highest BCUT2D eigenvalue weighted by molar-refractivity contribution is 7.89. The maximum Gasteiger partial charge on any atom is 0.251 e. The van der Waals surface area contributed by atoms with Gasteiger partial charge in [0.25, 0.3) is 5.91 Å². The minimum atomic E-state index is -3.48. The minimum Gasteiger partial charge on any atom is -0.349 e.